The molecular weight excluding hydrogens is 280 g/mol. The van der Waals surface area contributed by atoms with Gasteiger partial charge in [-0.3, -0.25) is 0 Å². The normalized spacial score (nSPS) is 10.4. The van der Waals surface area contributed by atoms with Gasteiger partial charge in [0.05, 0.1) is 12.8 Å². The highest BCUT2D eigenvalue weighted by Gasteiger charge is 2.07. The molecule has 4 heteroatoms. The van der Waals surface area contributed by atoms with E-state index < -0.39 is 0 Å². The molecule has 1 N–H and O–H groups in total. The van der Waals surface area contributed by atoms with E-state index in [4.69, 9.17) is 16.6 Å². The smallest absolute Gasteiger partial charge is 0.173 e. The Bertz CT molecular complexity index is 549. The molecule has 1 aromatic heterocycles. The fourth-order valence-electron chi connectivity index (χ4n) is 2.06. The van der Waals surface area contributed by atoms with Gasteiger partial charge in [0.2, 0.25) is 0 Å². The predicted octanol–water partition coefficient (Wildman–Crippen LogP) is 4.45. The van der Waals surface area contributed by atoms with Gasteiger partial charge in [-0.05, 0) is 54.9 Å². The van der Waals surface area contributed by atoms with Gasteiger partial charge in [-0.2, -0.15) is 0 Å². The van der Waals surface area contributed by atoms with Crippen molar-refractivity contribution in [3.05, 3.63) is 54.0 Å². The molecule has 3 nitrogen and oxygen atoms in total. The Morgan fingerprint density at radius 2 is 2.00 bits per heavy atom. The van der Waals surface area contributed by atoms with Crippen LogP contribution in [0.3, 0.4) is 0 Å². The van der Waals surface area contributed by atoms with Crippen molar-refractivity contribution in [2.45, 2.75) is 32.7 Å². The first-order valence-electron chi connectivity index (χ1n) is 7.32. The van der Waals surface area contributed by atoms with Gasteiger partial charge in [0.1, 0.15) is 5.76 Å². The molecule has 0 aliphatic rings. The number of unbranched alkanes of at least 4 members (excludes halogenated alkanes) is 1. The number of furan rings is 1. The van der Waals surface area contributed by atoms with Crippen LogP contribution < -0.4 is 5.32 Å². The third-order valence-corrected chi connectivity index (χ3v) is 3.76. The summed E-state index contributed by atoms with van der Waals surface area (Å²) in [5, 5.41) is 3.94. The monoisotopic (exact) mass is 302 g/mol. The largest absolute Gasteiger partial charge is 0.467 e. The van der Waals surface area contributed by atoms with Crippen LogP contribution in [0.2, 0.25) is 0 Å². The van der Waals surface area contributed by atoms with Gasteiger partial charge in [-0.15, -0.1) is 0 Å². The molecule has 0 aliphatic heterocycles. The number of aryl methyl sites for hydroxylation is 1. The van der Waals surface area contributed by atoms with Gasteiger partial charge in [-0.1, -0.05) is 25.5 Å². The maximum absolute atomic E-state index is 5.41. The standard InChI is InChI=1S/C17H22N2OS/c1-3-4-6-14-8-10-15(11-9-14)18-17(21)19(2)13-16-7-5-12-20-16/h5,7-12H,3-4,6,13H2,1-2H3,(H,18,21). The van der Waals surface area contributed by atoms with Gasteiger partial charge in [-0.25, -0.2) is 0 Å². The minimum Gasteiger partial charge on any atom is -0.467 e. The molecule has 0 spiro atoms. The fraction of sp³-hybridized carbons (Fsp3) is 0.353. The van der Waals surface area contributed by atoms with E-state index in [2.05, 4.69) is 36.5 Å². The number of benzene rings is 1. The maximum atomic E-state index is 5.41. The molecule has 21 heavy (non-hydrogen) atoms. The van der Waals surface area contributed by atoms with Gasteiger partial charge >= 0.3 is 0 Å². The zero-order valence-electron chi connectivity index (χ0n) is 12.6. The molecule has 0 saturated carbocycles. The lowest BCUT2D eigenvalue weighted by Gasteiger charge is -2.20. The lowest BCUT2D eigenvalue weighted by atomic mass is 10.1. The van der Waals surface area contributed by atoms with Gasteiger partial charge in [0.15, 0.2) is 5.11 Å². The molecule has 0 unspecified atom stereocenters. The van der Waals surface area contributed by atoms with Crippen LogP contribution in [0.4, 0.5) is 5.69 Å². The first-order valence-corrected chi connectivity index (χ1v) is 7.73. The molecule has 1 heterocycles. The van der Waals surface area contributed by atoms with Crippen LogP contribution in [0.1, 0.15) is 31.1 Å². The summed E-state index contributed by atoms with van der Waals surface area (Å²) in [4.78, 5) is 1.96. The quantitative estimate of drug-likeness (QED) is 0.798. The average Bonchev–Trinajstić information content (AvgIpc) is 2.99. The maximum Gasteiger partial charge on any atom is 0.173 e. The highest BCUT2D eigenvalue weighted by Crippen LogP contribution is 2.13. The van der Waals surface area contributed by atoms with E-state index in [9.17, 15) is 0 Å². The van der Waals surface area contributed by atoms with Crippen molar-refractivity contribution in [3.63, 3.8) is 0 Å². The van der Waals surface area contributed by atoms with Crippen LogP contribution in [0.15, 0.2) is 47.1 Å². The topological polar surface area (TPSA) is 28.4 Å². The van der Waals surface area contributed by atoms with Crippen LogP contribution in [-0.4, -0.2) is 17.1 Å². The number of thiocarbonyl (C=S) groups is 1. The Hall–Kier alpha value is -1.81. The number of rotatable bonds is 6. The molecule has 0 fully saturated rings. The summed E-state index contributed by atoms with van der Waals surface area (Å²) in [6.45, 7) is 2.87. The Kier molecular flexibility index (Phi) is 5.81. The van der Waals surface area contributed by atoms with E-state index in [1.165, 1.54) is 18.4 Å². The zero-order chi connectivity index (χ0) is 15.1. The van der Waals surface area contributed by atoms with Crippen LogP contribution >= 0.6 is 12.2 Å². The minimum absolute atomic E-state index is 0.660. The highest BCUT2D eigenvalue weighted by molar-refractivity contribution is 7.80. The molecule has 0 radical (unpaired) electrons. The second-order valence-corrected chi connectivity index (χ2v) is 5.55. The number of hydrogen-bond donors (Lipinski definition) is 1. The summed E-state index contributed by atoms with van der Waals surface area (Å²) >= 11 is 5.41. The van der Waals surface area contributed by atoms with E-state index in [1.807, 2.05) is 24.1 Å². The van der Waals surface area contributed by atoms with Crippen LogP contribution in [0, 0.1) is 0 Å². The van der Waals surface area contributed by atoms with Crippen LogP contribution in [0.5, 0.6) is 0 Å². The van der Waals surface area contributed by atoms with E-state index in [-0.39, 0.29) is 0 Å². The average molecular weight is 302 g/mol. The highest BCUT2D eigenvalue weighted by atomic mass is 32.1. The molecule has 0 amide bonds. The van der Waals surface area contributed by atoms with E-state index >= 15 is 0 Å². The first-order chi connectivity index (χ1) is 10.2. The van der Waals surface area contributed by atoms with Crippen molar-refractivity contribution in [2.75, 3.05) is 12.4 Å². The third kappa shape index (κ3) is 4.90. The van der Waals surface area contributed by atoms with Crippen LogP contribution in [0.25, 0.3) is 0 Å². The Labute approximate surface area is 132 Å². The fourth-order valence-corrected chi connectivity index (χ4v) is 2.25. The Balaban J connectivity index is 1.86. The van der Waals surface area contributed by atoms with E-state index in [0.29, 0.717) is 11.7 Å². The van der Waals surface area contributed by atoms with Crippen LogP contribution in [-0.2, 0) is 13.0 Å². The summed E-state index contributed by atoms with van der Waals surface area (Å²) in [5.41, 5.74) is 2.39. The van der Waals surface area contributed by atoms with Gasteiger partial charge in [0.25, 0.3) is 0 Å². The van der Waals surface area contributed by atoms with Crippen molar-refractivity contribution >= 4 is 23.0 Å². The van der Waals surface area contributed by atoms with Crippen molar-refractivity contribution in [1.82, 2.24) is 4.90 Å². The zero-order valence-corrected chi connectivity index (χ0v) is 13.5. The Morgan fingerprint density at radius 3 is 2.62 bits per heavy atom. The van der Waals surface area contributed by atoms with Gasteiger partial charge in [0, 0.05) is 12.7 Å². The molecule has 0 saturated heterocycles. The number of anilines is 1. The first kappa shape index (κ1) is 15.6. The van der Waals surface area contributed by atoms with Crippen molar-refractivity contribution in [2.24, 2.45) is 0 Å². The third-order valence-electron chi connectivity index (χ3n) is 3.34. The number of nitrogens with zero attached hydrogens (tertiary/aromatic N) is 1. The molecule has 1 aromatic carbocycles. The molecule has 0 aliphatic carbocycles. The van der Waals surface area contributed by atoms with Crippen molar-refractivity contribution in [3.8, 4) is 0 Å². The van der Waals surface area contributed by atoms with Crippen molar-refractivity contribution < 1.29 is 4.42 Å². The number of hydrogen-bond acceptors (Lipinski definition) is 2. The second kappa shape index (κ2) is 7.84. The summed E-state index contributed by atoms with van der Waals surface area (Å²) in [6.07, 6.45) is 5.27. The SMILES string of the molecule is CCCCc1ccc(NC(=S)N(C)Cc2ccco2)cc1. The van der Waals surface area contributed by atoms with E-state index in [0.717, 1.165) is 17.9 Å². The lowest BCUT2D eigenvalue weighted by Crippen LogP contribution is -2.30. The molecule has 0 bridgehead atoms. The summed E-state index contributed by atoms with van der Waals surface area (Å²) in [6, 6.07) is 12.3. The summed E-state index contributed by atoms with van der Waals surface area (Å²) in [7, 11) is 1.95. The minimum atomic E-state index is 0.660. The Morgan fingerprint density at radius 1 is 1.24 bits per heavy atom. The predicted molar refractivity (Wildman–Crippen MR) is 91.4 cm³/mol. The second-order valence-electron chi connectivity index (χ2n) is 5.17. The molecule has 0 atom stereocenters. The molecular formula is C17H22N2OS. The summed E-state index contributed by atoms with van der Waals surface area (Å²) < 4.78 is 5.33. The van der Waals surface area contributed by atoms with Crippen molar-refractivity contribution in [1.29, 1.82) is 0 Å². The molecule has 2 rings (SSSR count). The molecule has 2 aromatic rings. The van der Waals surface area contributed by atoms with Gasteiger partial charge < -0.3 is 14.6 Å². The molecule has 112 valence electrons. The number of nitrogens with one attached hydrogen (secondary N) is 1. The van der Waals surface area contributed by atoms with E-state index in [1.54, 1.807) is 6.26 Å². The summed E-state index contributed by atoms with van der Waals surface area (Å²) in [5.74, 6) is 0.900. The lowest BCUT2D eigenvalue weighted by molar-refractivity contribution is 0.414.